The summed E-state index contributed by atoms with van der Waals surface area (Å²) in [5, 5.41) is 3.49. The number of nitrogens with zero attached hydrogens (tertiary/aromatic N) is 2. The first-order valence-corrected chi connectivity index (χ1v) is 7.84. The van der Waals surface area contributed by atoms with Crippen molar-refractivity contribution in [2.75, 3.05) is 5.32 Å². The molecule has 0 radical (unpaired) electrons. The predicted molar refractivity (Wildman–Crippen MR) is 91.8 cm³/mol. The first-order chi connectivity index (χ1) is 10.5. The topological polar surface area (TPSA) is 46.4 Å². The van der Waals surface area contributed by atoms with Gasteiger partial charge >= 0.3 is 0 Å². The Balaban J connectivity index is 2.00. The summed E-state index contributed by atoms with van der Waals surface area (Å²) in [6.45, 7) is 3.73. The monoisotopic (exact) mass is 377 g/mol. The van der Waals surface area contributed by atoms with Crippen LogP contribution >= 0.6 is 27.5 Å². The minimum atomic E-state index is -0.219. The van der Waals surface area contributed by atoms with Gasteiger partial charge in [-0.2, -0.15) is 0 Å². The summed E-state index contributed by atoms with van der Waals surface area (Å²) in [5.74, 6) is -0.219. The van der Waals surface area contributed by atoms with E-state index in [-0.39, 0.29) is 5.91 Å². The number of hydrogen-bond acceptors (Lipinski definition) is 2. The van der Waals surface area contributed by atoms with E-state index < -0.39 is 0 Å². The highest BCUT2D eigenvalue weighted by atomic mass is 79.9. The number of carbonyl (C=O) groups is 1. The maximum absolute atomic E-state index is 12.6. The molecule has 2 aromatic heterocycles. The molecule has 2 heterocycles. The molecule has 0 bridgehead atoms. The molecule has 1 N–H and O–H groups in total. The van der Waals surface area contributed by atoms with Gasteiger partial charge in [0, 0.05) is 21.4 Å². The SMILES string of the molecule is Cc1ccc(NC(=O)c2c(C)nc3ccc(Br)cn23)cc1Cl. The van der Waals surface area contributed by atoms with Gasteiger partial charge in [0.15, 0.2) is 0 Å². The van der Waals surface area contributed by atoms with Gasteiger partial charge in [0.1, 0.15) is 11.3 Å². The number of carbonyl (C=O) groups excluding carboxylic acids is 1. The fourth-order valence-electron chi connectivity index (χ4n) is 2.27. The molecule has 4 nitrogen and oxygen atoms in total. The second kappa shape index (κ2) is 5.74. The highest BCUT2D eigenvalue weighted by Crippen LogP contribution is 2.22. The second-order valence-corrected chi connectivity index (χ2v) is 6.36. The van der Waals surface area contributed by atoms with Crippen LogP contribution < -0.4 is 5.32 Å². The van der Waals surface area contributed by atoms with Crippen LogP contribution in [0.5, 0.6) is 0 Å². The van der Waals surface area contributed by atoms with Crippen LogP contribution in [-0.2, 0) is 0 Å². The minimum Gasteiger partial charge on any atom is -0.321 e. The van der Waals surface area contributed by atoms with Crippen molar-refractivity contribution in [3.8, 4) is 0 Å². The van der Waals surface area contributed by atoms with E-state index in [1.54, 1.807) is 10.5 Å². The van der Waals surface area contributed by atoms with Gasteiger partial charge in [-0.1, -0.05) is 17.7 Å². The van der Waals surface area contributed by atoms with Crippen LogP contribution in [-0.4, -0.2) is 15.3 Å². The number of anilines is 1. The Hall–Kier alpha value is -1.85. The number of amides is 1. The molecule has 0 aliphatic carbocycles. The quantitative estimate of drug-likeness (QED) is 0.707. The van der Waals surface area contributed by atoms with Crippen molar-refractivity contribution in [1.29, 1.82) is 0 Å². The van der Waals surface area contributed by atoms with E-state index >= 15 is 0 Å². The smallest absolute Gasteiger partial charge is 0.274 e. The molecule has 112 valence electrons. The maximum Gasteiger partial charge on any atom is 0.274 e. The molecular weight excluding hydrogens is 366 g/mol. The van der Waals surface area contributed by atoms with Crippen molar-refractivity contribution in [3.63, 3.8) is 0 Å². The van der Waals surface area contributed by atoms with Crippen molar-refractivity contribution in [1.82, 2.24) is 9.38 Å². The van der Waals surface area contributed by atoms with Crippen molar-refractivity contribution >= 4 is 44.8 Å². The highest BCUT2D eigenvalue weighted by Gasteiger charge is 2.17. The molecule has 0 aliphatic heterocycles. The van der Waals surface area contributed by atoms with Crippen LogP contribution in [0.3, 0.4) is 0 Å². The van der Waals surface area contributed by atoms with E-state index in [0.717, 1.165) is 15.7 Å². The van der Waals surface area contributed by atoms with E-state index in [0.29, 0.717) is 22.1 Å². The van der Waals surface area contributed by atoms with Crippen LogP contribution in [0, 0.1) is 13.8 Å². The number of aryl methyl sites for hydroxylation is 2. The lowest BCUT2D eigenvalue weighted by Crippen LogP contribution is -2.15. The Kier molecular flexibility index (Phi) is 3.93. The summed E-state index contributed by atoms with van der Waals surface area (Å²) in [5.41, 5.74) is 3.54. The van der Waals surface area contributed by atoms with Crippen LogP contribution in [0.25, 0.3) is 5.65 Å². The molecule has 1 aromatic carbocycles. The molecule has 0 spiro atoms. The molecule has 1 amide bonds. The van der Waals surface area contributed by atoms with Gasteiger partial charge in [-0.3, -0.25) is 9.20 Å². The number of pyridine rings is 1. The number of hydrogen-bond donors (Lipinski definition) is 1. The summed E-state index contributed by atoms with van der Waals surface area (Å²) >= 11 is 9.51. The molecule has 0 saturated carbocycles. The van der Waals surface area contributed by atoms with Gasteiger partial charge in [-0.15, -0.1) is 0 Å². The number of benzene rings is 1. The van der Waals surface area contributed by atoms with Crippen LogP contribution in [0.15, 0.2) is 41.0 Å². The number of imidazole rings is 1. The van der Waals surface area contributed by atoms with Crippen LogP contribution in [0.2, 0.25) is 5.02 Å². The Morgan fingerprint density at radius 1 is 1.27 bits per heavy atom. The fourth-order valence-corrected chi connectivity index (χ4v) is 2.79. The summed E-state index contributed by atoms with van der Waals surface area (Å²) in [6, 6.07) is 9.19. The van der Waals surface area contributed by atoms with Gasteiger partial charge < -0.3 is 5.32 Å². The third-order valence-electron chi connectivity index (χ3n) is 3.40. The summed E-state index contributed by atoms with van der Waals surface area (Å²) < 4.78 is 2.65. The lowest BCUT2D eigenvalue weighted by molar-refractivity contribution is 0.102. The fraction of sp³-hybridized carbons (Fsp3) is 0.125. The number of halogens is 2. The molecule has 0 unspecified atom stereocenters. The average molecular weight is 379 g/mol. The van der Waals surface area contributed by atoms with E-state index in [2.05, 4.69) is 26.2 Å². The normalized spacial score (nSPS) is 10.9. The number of aromatic nitrogens is 2. The zero-order chi connectivity index (χ0) is 15.9. The summed E-state index contributed by atoms with van der Waals surface area (Å²) in [6.07, 6.45) is 1.83. The Morgan fingerprint density at radius 2 is 2.05 bits per heavy atom. The zero-order valence-electron chi connectivity index (χ0n) is 12.0. The molecule has 22 heavy (non-hydrogen) atoms. The first kappa shape index (κ1) is 15.1. The molecule has 6 heteroatoms. The van der Waals surface area contributed by atoms with E-state index in [1.165, 1.54) is 0 Å². The van der Waals surface area contributed by atoms with Crippen molar-refractivity contribution in [2.24, 2.45) is 0 Å². The third-order valence-corrected chi connectivity index (χ3v) is 4.28. The second-order valence-electron chi connectivity index (χ2n) is 5.04. The zero-order valence-corrected chi connectivity index (χ0v) is 14.4. The van der Waals surface area contributed by atoms with Gasteiger partial charge in [0.2, 0.25) is 0 Å². The Morgan fingerprint density at radius 3 is 2.77 bits per heavy atom. The predicted octanol–water partition coefficient (Wildman–Crippen LogP) is 4.62. The van der Waals surface area contributed by atoms with E-state index in [4.69, 9.17) is 11.6 Å². The van der Waals surface area contributed by atoms with Crippen LogP contribution in [0.4, 0.5) is 5.69 Å². The lowest BCUT2D eigenvalue weighted by atomic mass is 10.2. The molecule has 3 aromatic rings. The largest absolute Gasteiger partial charge is 0.321 e. The minimum absolute atomic E-state index is 0.219. The lowest BCUT2D eigenvalue weighted by Gasteiger charge is -2.08. The molecular formula is C16H13BrClN3O. The van der Waals surface area contributed by atoms with E-state index in [9.17, 15) is 4.79 Å². The number of fused-ring (bicyclic) bond motifs is 1. The average Bonchev–Trinajstić information content (AvgIpc) is 2.78. The maximum atomic E-state index is 12.6. The molecule has 3 rings (SSSR count). The van der Waals surface area contributed by atoms with Gasteiger partial charge in [0.05, 0.1) is 5.69 Å². The van der Waals surface area contributed by atoms with Crippen molar-refractivity contribution < 1.29 is 4.79 Å². The standard InChI is InChI=1S/C16H13BrClN3O/c1-9-3-5-12(7-13(9)18)20-16(22)15-10(2)19-14-6-4-11(17)8-21(14)15/h3-8H,1-2H3,(H,20,22). The number of rotatable bonds is 2. The van der Waals surface area contributed by atoms with Crippen LogP contribution in [0.1, 0.15) is 21.7 Å². The number of nitrogens with one attached hydrogen (secondary N) is 1. The first-order valence-electron chi connectivity index (χ1n) is 6.67. The third kappa shape index (κ3) is 2.74. The van der Waals surface area contributed by atoms with Crippen molar-refractivity contribution in [2.45, 2.75) is 13.8 Å². The Labute approximate surface area is 141 Å². The molecule has 0 fully saturated rings. The van der Waals surface area contributed by atoms with Gasteiger partial charge in [-0.25, -0.2) is 4.98 Å². The van der Waals surface area contributed by atoms with Crippen molar-refractivity contribution in [3.05, 3.63) is 63.0 Å². The van der Waals surface area contributed by atoms with E-state index in [1.807, 2.05) is 44.3 Å². The summed E-state index contributed by atoms with van der Waals surface area (Å²) in [4.78, 5) is 17.0. The Bertz CT molecular complexity index is 888. The molecule has 0 saturated heterocycles. The van der Waals surface area contributed by atoms with Gasteiger partial charge in [0.25, 0.3) is 5.91 Å². The molecule has 0 aliphatic rings. The summed E-state index contributed by atoms with van der Waals surface area (Å²) in [7, 11) is 0. The highest BCUT2D eigenvalue weighted by molar-refractivity contribution is 9.10. The van der Waals surface area contributed by atoms with Gasteiger partial charge in [-0.05, 0) is 59.6 Å². The molecule has 0 atom stereocenters.